The molecule has 0 aliphatic carbocycles. The fourth-order valence-electron chi connectivity index (χ4n) is 3.29. The zero-order valence-electron chi connectivity index (χ0n) is 12.9. The van der Waals surface area contributed by atoms with Crippen LogP contribution in [0.5, 0.6) is 0 Å². The minimum Gasteiger partial charge on any atom is -0.335 e. The Balaban J connectivity index is 1.63. The Kier molecular flexibility index (Phi) is 4.68. The van der Waals surface area contributed by atoms with E-state index >= 15 is 0 Å². The molecule has 1 aromatic rings. The summed E-state index contributed by atoms with van der Waals surface area (Å²) in [6, 6.07) is 6.31. The monoisotopic (exact) mass is 340 g/mol. The lowest BCUT2D eigenvalue weighted by atomic mass is 10.0. The van der Waals surface area contributed by atoms with Crippen LogP contribution in [0.1, 0.15) is 24.4 Å². The predicted octanol–water partition coefficient (Wildman–Crippen LogP) is 1.22. The topological polar surface area (TPSA) is 57.7 Å². The average Bonchev–Trinajstić information content (AvgIpc) is 3.00. The van der Waals surface area contributed by atoms with Gasteiger partial charge in [0.2, 0.25) is 5.91 Å². The molecule has 1 atom stereocenters. The molecular formula is C16H21FN2O3S. The molecule has 3 rings (SSSR count). The summed E-state index contributed by atoms with van der Waals surface area (Å²) < 4.78 is 36.0. The van der Waals surface area contributed by atoms with Gasteiger partial charge in [-0.2, -0.15) is 0 Å². The minimum atomic E-state index is -2.93. The van der Waals surface area contributed by atoms with Crippen molar-refractivity contribution in [2.75, 3.05) is 37.7 Å². The zero-order valence-corrected chi connectivity index (χ0v) is 13.8. The van der Waals surface area contributed by atoms with E-state index in [2.05, 4.69) is 0 Å². The Hall–Kier alpha value is -1.47. The third-order valence-corrected chi connectivity index (χ3v) is 6.23. The number of hydrogen-bond acceptors (Lipinski definition) is 4. The van der Waals surface area contributed by atoms with Crippen molar-refractivity contribution in [1.29, 1.82) is 0 Å². The second-order valence-electron chi connectivity index (χ2n) is 6.22. The van der Waals surface area contributed by atoms with E-state index in [1.165, 1.54) is 12.1 Å². The summed E-state index contributed by atoms with van der Waals surface area (Å²) in [4.78, 5) is 16.3. The molecule has 2 heterocycles. The van der Waals surface area contributed by atoms with Crippen LogP contribution in [0.2, 0.25) is 0 Å². The summed E-state index contributed by atoms with van der Waals surface area (Å²) in [6.07, 6.45) is 1.81. The summed E-state index contributed by atoms with van der Waals surface area (Å²) >= 11 is 0. The van der Waals surface area contributed by atoms with Crippen LogP contribution in [0.3, 0.4) is 0 Å². The lowest BCUT2D eigenvalue weighted by Crippen LogP contribution is -2.46. The van der Waals surface area contributed by atoms with Crippen LogP contribution in [-0.2, 0) is 14.6 Å². The molecule has 2 fully saturated rings. The highest BCUT2D eigenvalue weighted by Crippen LogP contribution is 2.32. The van der Waals surface area contributed by atoms with Crippen LogP contribution in [0, 0.1) is 5.82 Å². The summed E-state index contributed by atoms with van der Waals surface area (Å²) in [5.74, 6) is -0.00106. The zero-order chi connectivity index (χ0) is 16.4. The van der Waals surface area contributed by atoms with Gasteiger partial charge in [-0.05, 0) is 30.5 Å². The van der Waals surface area contributed by atoms with E-state index in [9.17, 15) is 17.6 Å². The molecule has 1 amide bonds. The molecule has 0 spiro atoms. The van der Waals surface area contributed by atoms with Crippen molar-refractivity contribution in [2.24, 2.45) is 0 Å². The molecule has 0 bridgehead atoms. The number of amides is 1. The molecule has 2 saturated heterocycles. The lowest BCUT2D eigenvalue weighted by molar-refractivity contribution is -0.133. The molecule has 1 aromatic carbocycles. The van der Waals surface area contributed by atoms with Crippen LogP contribution in [-0.4, -0.2) is 61.8 Å². The third-order valence-electron chi connectivity index (χ3n) is 4.62. The Labute approximate surface area is 136 Å². The molecule has 5 nitrogen and oxygen atoms in total. The fraction of sp³-hybridized carbons (Fsp3) is 0.562. The van der Waals surface area contributed by atoms with E-state index in [-0.39, 0.29) is 35.8 Å². The van der Waals surface area contributed by atoms with Gasteiger partial charge in [-0.15, -0.1) is 0 Å². The van der Waals surface area contributed by atoms with Gasteiger partial charge < -0.3 is 4.90 Å². The van der Waals surface area contributed by atoms with E-state index in [0.717, 1.165) is 18.4 Å². The maximum absolute atomic E-state index is 13.1. The highest BCUT2D eigenvalue weighted by atomic mass is 32.2. The van der Waals surface area contributed by atoms with E-state index in [0.29, 0.717) is 19.6 Å². The van der Waals surface area contributed by atoms with Crippen molar-refractivity contribution in [1.82, 2.24) is 9.80 Å². The molecule has 2 aliphatic rings. The normalized spacial score (nSPS) is 24.7. The minimum absolute atomic E-state index is 0.00313. The highest BCUT2D eigenvalue weighted by Gasteiger charge is 2.31. The van der Waals surface area contributed by atoms with Gasteiger partial charge in [0.05, 0.1) is 24.1 Å². The number of rotatable bonds is 3. The van der Waals surface area contributed by atoms with Crippen LogP contribution >= 0.6 is 0 Å². The SMILES string of the molecule is O=C(CN1CCS(=O)(=O)CC1)N1CCCC1c1ccc(F)cc1. The number of carbonyl (C=O) groups excluding carboxylic acids is 1. The number of benzene rings is 1. The van der Waals surface area contributed by atoms with Crippen LogP contribution in [0.15, 0.2) is 24.3 Å². The quantitative estimate of drug-likeness (QED) is 0.830. The van der Waals surface area contributed by atoms with Gasteiger partial charge in [-0.1, -0.05) is 12.1 Å². The Morgan fingerprint density at radius 2 is 1.78 bits per heavy atom. The number of sulfone groups is 1. The molecule has 23 heavy (non-hydrogen) atoms. The van der Waals surface area contributed by atoms with Gasteiger partial charge in [0.1, 0.15) is 5.82 Å². The standard InChI is InChI=1S/C16H21FN2O3S/c17-14-5-3-13(4-6-14)15-2-1-7-19(15)16(20)12-18-8-10-23(21,22)11-9-18/h3-6,15H,1-2,7-12H2. The Morgan fingerprint density at radius 3 is 2.43 bits per heavy atom. The molecule has 7 heteroatoms. The van der Waals surface area contributed by atoms with Gasteiger partial charge in [-0.3, -0.25) is 9.69 Å². The molecule has 0 saturated carbocycles. The van der Waals surface area contributed by atoms with Gasteiger partial charge >= 0.3 is 0 Å². The van der Waals surface area contributed by atoms with E-state index in [1.54, 1.807) is 12.1 Å². The van der Waals surface area contributed by atoms with Crippen LogP contribution < -0.4 is 0 Å². The largest absolute Gasteiger partial charge is 0.335 e. The number of halogens is 1. The van der Waals surface area contributed by atoms with E-state index < -0.39 is 9.84 Å². The van der Waals surface area contributed by atoms with Crippen molar-refractivity contribution in [3.63, 3.8) is 0 Å². The lowest BCUT2D eigenvalue weighted by Gasteiger charge is -2.30. The fourth-order valence-corrected chi connectivity index (χ4v) is 4.56. The molecule has 0 aromatic heterocycles. The van der Waals surface area contributed by atoms with Gasteiger partial charge in [0.25, 0.3) is 0 Å². The molecule has 2 aliphatic heterocycles. The van der Waals surface area contributed by atoms with Crippen molar-refractivity contribution >= 4 is 15.7 Å². The molecular weight excluding hydrogens is 319 g/mol. The second kappa shape index (κ2) is 6.57. The van der Waals surface area contributed by atoms with Gasteiger partial charge in [0.15, 0.2) is 9.84 Å². The number of carbonyl (C=O) groups is 1. The molecule has 126 valence electrons. The average molecular weight is 340 g/mol. The molecule has 0 radical (unpaired) electrons. The molecule has 1 unspecified atom stereocenters. The van der Waals surface area contributed by atoms with Gasteiger partial charge in [0, 0.05) is 19.6 Å². The van der Waals surface area contributed by atoms with E-state index in [1.807, 2.05) is 9.80 Å². The highest BCUT2D eigenvalue weighted by molar-refractivity contribution is 7.91. The number of hydrogen-bond donors (Lipinski definition) is 0. The van der Waals surface area contributed by atoms with Crippen molar-refractivity contribution < 1.29 is 17.6 Å². The maximum Gasteiger partial charge on any atom is 0.237 e. The maximum atomic E-state index is 13.1. The van der Waals surface area contributed by atoms with Crippen molar-refractivity contribution in [3.05, 3.63) is 35.6 Å². The molecule has 0 N–H and O–H groups in total. The summed E-state index contributed by atoms with van der Waals surface area (Å²) in [5.41, 5.74) is 0.957. The van der Waals surface area contributed by atoms with E-state index in [4.69, 9.17) is 0 Å². The smallest absolute Gasteiger partial charge is 0.237 e. The Bertz CT molecular complexity index is 661. The Morgan fingerprint density at radius 1 is 1.13 bits per heavy atom. The van der Waals surface area contributed by atoms with Crippen molar-refractivity contribution in [3.8, 4) is 0 Å². The summed E-state index contributed by atoms with van der Waals surface area (Å²) in [5, 5.41) is 0. The summed E-state index contributed by atoms with van der Waals surface area (Å²) in [6.45, 7) is 1.80. The first-order valence-corrected chi connectivity index (χ1v) is 9.74. The number of likely N-dealkylation sites (tertiary alicyclic amines) is 1. The summed E-state index contributed by atoms with van der Waals surface area (Å²) in [7, 11) is -2.93. The predicted molar refractivity (Wildman–Crippen MR) is 85.2 cm³/mol. The second-order valence-corrected chi connectivity index (χ2v) is 8.53. The van der Waals surface area contributed by atoms with Crippen LogP contribution in [0.4, 0.5) is 4.39 Å². The first-order valence-electron chi connectivity index (χ1n) is 7.92. The van der Waals surface area contributed by atoms with Crippen LogP contribution in [0.25, 0.3) is 0 Å². The van der Waals surface area contributed by atoms with Crippen molar-refractivity contribution in [2.45, 2.75) is 18.9 Å². The third kappa shape index (κ3) is 3.90. The first kappa shape index (κ1) is 16.4. The van der Waals surface area contributed by atoms with Gasteiger partial charge in [-0.25, -0.2) is 12.8 Å². The number of nitrogens with zero attached hydrogens (tertiary/aromatic N) is 2. The first-order chi connectivity index (χ1) is 10.9.